The molecule has 2 aromatic rings. The standard InChI is InChI=1S/C18H25N3/c1-5-6-16-20-17(18(19)21(16)14-7-8-14)15-10-12(3)11(2)9-13(15)4/h9-10,14H,5-8,19H2,1-4H3. The van der Waals surface area contributed by atoms with E-state index in [1.165, 1.54) is 35.1 Å². The lowest BCUT2D eigenvalue weighted by molar-refractivity contribution is 0.676. The van der Waals surface area contributed by atoms with E-state index in [0.29, 0.717) is 6.04 Å². The van der Waals surface area contributed by atoms with Gasteiger partial charge in [-0.3, -0.25) is 0 Å². The number of hydrogen-bond donors (Lipinski definition) is 1. The fourth-order valence-electron chi connectivity index (χ4n) is 3.05. The largest absolute Gasteiger partial charge is 0.383 e. The monoisotopic (exact) mass is 283 g/mol. The van der Waals surface area contributed by atoms with Crippen molar-refractivity contribution in [3.05, 3.63) is 34.6 Å². The van der Waals surface area contributed by atoms with Gasteiger partial charge in [-0.2, -0.15) is 0 Å². The number of aryl methyl sites for hydroxylation is 4. The number of imidazole rings is 1. The van der Waals surface area contributed by atoms with Crippen LogP contribution in [-0.2, 0) is 6.42 Å². The number of aromatic nitrogens is 2. The van der Waals surface area contributed by atoms with E-state index in [2.05, 4.69) is 44.4 Å². The van der Waals surface area contributed by atoms with E-state index >= 15 is 0 Å². The van der Waals surface area contributed by atoms with Crippen LogP contribution in [-0.4, -0.2) is 9.55 Å². The van der Waals surface area contributed by atoms with Gasteiger partial charge in [0.25, 0.3) is 0 Å². The lowest BCUT2D eigenvalue weighted by Crippen LogP contribution is -2.05. The van der Waals surface area contributed by atoms with Crippen molar-refractivity contribution in [2.24, 2.45) is 0 Å². The van der Waals surface area contributed by atoms with Crippen LogP contribution in [0.5, 0.6) is 0 Å². The van der Waals surface area contributed by atoms with Gasteiger partial charge in [0.15, 0.2) is 0 Å². The number of nitrogens with zero attached hydrogens (tertiary/aromatic N) is 2. The molecule has 0 spiro atoms. The van der Waals surface area contributed by atoms with Gasteiger partial charge in [0.05, 0.1) is 0 Å². The predicted molar refractivity (Wildman–Crippen MR) is 88.6 cm³/mol. The second-order valence-electron chi connectivity index (χ2n) is 6.36. The summed E-state index contributed by atoms with van der Waals surface area (Å²) in [6.45, 7) is 8.65. The third-order valence-corrected chi connectivity index (χ3v) is 4.50. The minimum Gasteiger partial charge on any atom is -0.383 e. The molecule has 21 heavy (non-hydrogen) atoms. The van der Waals surface area contributed by atoms with Crippen LogP contribution in [0.3, 0.4) is 0 Å². The van der Waals surface area contributed by atoms with Gasteiger partial charge in [-0.15, -0.1) is 0 Å². The van der Waals surface area contributed by atoms with Crippen LogP contribution in [0.1, 0.15) is 54.7 Å². The van der Waals surface area contributed by atoms with Gasteiger partial charge in [-0.25, -0.2) is 4.98 Å². The maximum atomic E-state index is 6.46. The summed E-state index contributed by atoms with van der Waals surface area (Å²) in [7, 11) is 0. The number of nitrogen functional groups attached to an aromatic ring is 1. The minimum atomic E-state index is 0.583. The molecule has 0 amide bonds. The first kappa shape index (κ1) is 14.2. The molecular weight excluding hydrogens is 258 g/mol. The van der Waals surface area contributed by atoms with Crippen molar-refractivity contribution < 1.29 is 0 Å². The average Bonchev–Trinajstić information content (AvgIpc) is 3.20. The Kier molecular flexibility index (Phi) is 3.52. The van der Waals surface area contributed by atoms with E-state index in [4.69, 9.17) is 10.7 Å². The molecule has 0 saturated heterocycles. The zero-order valence-electron chi connectivity index (χ0n) is 13.5. The lowest BCUT2D eigenvalue weighted by Gasteiger charge is -2.10. The molecule has 2 N–H and O–H groups in total. The molecule has 1 aliphatic rings. The van der Waals surface area contributed by atoms with Gasteiger partial charge in [-0.1, -0.05) is 13.0 Å². The number of anilines is 1. The van der Waals surface area contributed by atoms with Crippen molar-refractivity contribution in [1.82, 2.24) is 9.55 Å². The van der Waals surface area contributed by atoms with E-state index in [1.807, 2.05) is 0 Å². The lowest BCUT2D eigenvalue weighted by atomic mass is 9.99. The van der Waals surface area contributed by atoms with Crippen molar-refractivity contribution in [3.63, 3.8) is 0 Å². The van der Waals surface area contributed by atoms with Crippen LogP contribution in [0.2, 0.25) is 0 Å². The van der Waals surface area contributed by atoms with Gasteiger partial charge in [-0.05, 0) is 62.8 Å². The van der Waals surface area contributed by atoms with Crippen LogP contribution >= 0.6 is 0 Å². The van der Waals surface area contributed by atoms with Crippen molar-refractivity contribution in [2.75, 3.05) is 5.73 Å². The number of nitrogens with two attached hydrogens (primary N) is 1. The first-order valence-electron chi connectivity index (χ1n) is 7.97. The highest BCUT2D eigenvalue weighted by atomic mass is 15.2. The van der Waals surface area contributed by atoms with Crippen molar-refractivity contribution in [1.29, 1.82) is 0 Å². The molecule has 1 saturated carbocycles. The summed E-state index contributed by atoms with van der Waals surface area (Å²) in [4.78, 5) is 4.90. The molecule has 112 valence electrons. The first-order chi connectivity index (χ1) is 10.0. The Bertz CT molecular complexity index is 678. The Hall–Kier alpha value is -1.77. The summed E-state index contributed by atoms with van der Waals surface area (Å²) in [5.74, 6) is 2.01. The number of rotatable bonds is 4. The van der Waals surface area contributed by atoms with Crippen LogP contribution < -0.4 is 5.73 Å². The SMILES string of the molecule is CCCc1nc(-c2cc(C)c(C)cc2C)c(N)n1C1CC1. The highest BCUT2D eigenvalue weighted by molar-refractivity contribution is 5.75. The zero-order valence-corrected chi connectivity index (χ0v) is 13.5. The number of benzene rings is 1. The molecule has 0 aliphatic heterocycles. The molecular formula is C18H25N3. The summed E-state index contributed by atoms with van der Waals surface area (Å²) >= 11 is 0. The number of hydrogen-bond acceptors (Lipinski definition) is 2. The molecule has 1 heterocycles. The van der Waals surface area contributed by atoms with Crippen LogP contribution in [0.4, 0.5) is 5.82 Å². The van der Waals surface area contributed by atoms with Gasteiger partial charge in [0, 0.05) is 18.0 Å². The van der Waals surface area contributed by atoms with E-state index in [9.17, 15) is 0 Å². The molecule has 3 heteroatoms. The molecule has 0 atom stereocenters. The molecule has 3 rings (SSSR count). The van der Waals surface area contributed by atoms with E-state index in [-0.39, 0.29) is 0 Å². The summed E-state index contributed by atoms with van der Waals surface area (Å²) < 4.78 is 2.29. The van der Waals surface area contributed by atoms with E-state index in [0.717, 1.165) is 30.2 Å². The van der Waals surface area contributed by atoms with E-state index < -0.39 is 0 Å². The zero-order chi connectivity index (χ0) is 15.1. The molecule has 0 bridgehead atoms. The second-order valence-corrected chi connectivity index (χ2v) is 6.36. The maximum absolute atomic E-state index is 6.46. The maximum Gasteiger partial charge on any atom is 0.132 e. The Morgan fingerprint density at radius 2 is 1.81 bits per heavy atom. The normalized spacial score (nSPS) is 14.7. The second kappa shape index (κ2) is 5.21. The van der Waals surface area contributed by atoms with E-state index in [1.54, 1.807) is 0 Å². The Morgan fingerprint density at radius 3 is 2.43 bits per heavy atom. The molecule has 3 nitrogen and oxygen atoms in total. The third kappa shape index (κ3) is 2.45. The molecule has 1 aliphatic carbocycles. The quantitative estimate of drug-likeness (QED) is 0.906. The predicted octanol–water partition coefficient (Wildman–Crippen LogP) is 4.34. The van der Waals surface area contributed by atoms with Crippen molar-refractivity contribution in [2.45, 2.75) is 59.4 Å². The summed E-state index contributed by atoms with van der Waals surface area (Å²) in [5, 5.41) is 0. The van der Waals surface area contributed by atoms with Crippen LogP contribution in [0, 0.1) is 20.8 Å². The fraction of sp³-hybridized carbons (Fsp3) is 0.500. The smallest absolute Gasteiger partial charge is 0.132 e. The van der Waals surface area contributed by atoms with Gasteiger partial charge in [0.2, 0.25) is 0 Å². The molecule has 1 fully saturated rings. The Morgan fingerprint density at radius 1 is 1.14 bits per heavy atom. The molecule has 0 unspecified atom stereocenters. The van der Waals surface area contributed by atoms with Crippen LogP contribution in [0.25, 0.3) is 11.3 Å². The van der Waals surface area contributed by atoms with Gasteiger partial charge < -0.3 is 10.3 Å². The highest BCUT2D eigenvalue weighted by Gasteiger charge is 2.30. The van der Waals surface area contributed by atoms with Gasteiger partial charge in [0.1, 0.15) is 17.3 Å². The molecule has 0 radical (unpaired) electrons. The van der Waals surface area contributed by atoms with Gasteiger partial charge >= 0.3 is 0 Å². The molecule has 1 aromatic carbocycles. The minimum absolute atomic E-state index is 0.583. The summed E-state index contributed by atoms with van der Waals surface area (Å²) in [6.07, 6.45) is 4.59. The fourth-order valence-corrected chi connectivity index (χ4v) is 3.05. The average molecular weight is 283 g/mol. The molecule has 1 aromatic heterocycles. The Labute approximate surface area is 127 Å². The summed E-state index contributed by atoms with van der Waals surface area (Å²) in [5.41, 5.74) is 12.5. The van der Waals surface area contributed by atoms with Crippen molar-refractivity contribution in [3.8, 4) is 11.3 Å². The highest BCUT2D eigenvalue weighted by Crippen LogP contribution is 2.41. The van der Waals surface area contributed by atoms with Crippen LogP contribution in [0.15, 0.2) is 12.1 Å². The Balaban J connectivity index is 2.14. The third-order valence-electron chi connectivity index (χ3n) is 4.50. The first-order valence-corrected chi connectivity index (χ1v) is 7.97. The summed E-state index contributed by atoms with van der Waals surface area (Å²) in [6, 6.07) is 5.05. The van der Waals surface area contributed by atoms with Crippen molar-refractivity contribution >= 4 is 5.82 Å². The topological polar surface area (TPSA) is 43.8 Å².